The molecule has 108 valence electrons. The van der Waals surface area contributed by atoms with Gasteiger partial charge in [0.25, 0.3) is 0 Å². The van der Waals surface area contributed by atoms with E-state index in [9.17, 15) is 10.1 Å². The zero-order chi connectivity index (χ0) is 14.4. The summed E-state index contributed by atoms with van der Waals surface area (Å²) in [6, 6.07) is 0.258. The first-order valence-electron chi connectivity index (χ1n) is 6.83. The van der Waals surface area contributed by atoms with E-state index in [2.05, 4.69) is 31.1 Å². The Kier molecular flexibility index (Phi) is 5.95. The minimum absolute atomic E-state index is 0.0189. The molecule has 1 unspecified atom stereocenters. The summed E-state index contributed by atoms with van der Waals surface area (Å²) in [6.45, 7) is 7.38. The first-order valence-corrected chi connectivity index (χ1v) is 6.83. The lowest BCUT2D eigenvalue weighted by Gasteiger charge is -2.20. The number of hydrogen-bond acceptors (Lipinski definition) is 4. The Bertz CT molecular complexity index is 415. The van der Waals surface area contributed by atoms with Crippen LogP contribution in [0.25, 0.3) is 0 Å². The molecule has 1 N–H and O–H groups in total. The van der Waals surface area contributed by atoms with Crippen molar-refractivity contribution in [3.8, 4) is 0 Å². The molecule has 0 aromatic carbocycles. The van der Waals surface area contributed by atoms with E-state index in [0.29, 0.717) is 18.0 Å². The second kappa shape index (κ2) is 7.23. The van der Waals surface area contributed by atoms with E-state index in [0.717, 1.165) is 19.4 Å². The zero-order valence-electron chi connectivity index (χ0n) is 12.2. The number of nitro groups is 1. The summed E-state index contributed by atoms with van der Waals surface area (Å²) in [4.78, 5) is 14.4. The van der Waals surface area contributed by atoms with Crippen LogP contribution < -0.4 is 5.32 Å². The third-order valence-electron chi connectivity index (χ3n) is 3.09. The lowest BCUT2D eigenvalue weighted by atomic mass is 9.99. The smallest absolute Gasteiger partial charge is 0.358 e. The Morgan fingerprint density at radius 2 is 2.21 bits per heavy atom. The monoisotopic (exact) mass is 268 g/mol. The fourth-order valence-electron chi connectivity index (χ4n) is 2.22. The minimum Gasteiger partial charge on any atom is -0.358 e. The number of aromatic nitrogens is 2. The Balaban J connectivity index is 2.82. The molecule has 0 amide bonds. The molecular formula is C13H24N4O2. The predicted molar refractivity (Wildman–Crippen MR) is 75.1 cm³/mol. The largest absolute Gasteiger partial charge is 0.384 e. The Morgan fingerprint density at radius 3 is 2.74 bits per heavy atom. The second-order valence-electron chi connectivity index (χ2n) is 5.37. The van der Waals surface area contributed by atoms with E-state index < -0.39 is 4.92 Å². The zero-order valence-corrected chi connectivity index (χ0v) is 12.2. The van der Waals surface area contributed by atoms with Crippen LogP contribution in [0.5, 0.6) is 0 Å². The van der Waals surface area contributed by atoms with Gasteiger partial charge in [-0.1, -0.05) is 20.8 Å². The van der Waals surface area contributed by atoms with Crippen LogP contribution in [-0.2, 0) is 13.5 Å². The van der Waals surface area contributed by atoms with Crippen LogP contribution in [0.4, 0.5) is 5.82 Å². The quantitative estimate of drug-likeness (QED) is 0.580. The molecule has 0 bridgehead atoms. The maximum absolute atomic E-state index is 11.0. The summed E-state index contributed by atoms with van der Waals surface area (Å²) in [5.74, 6) is 0.538. The summed E-state index contributed by atoms with van der Waals surface area (Å²) < 4.78 is 1.75. The van der Waals surface area contributed by atoms with Gasteiger partial charge in [0, 0.05) is 19.5 Å². The molecule has 6 heteroatoms. The number of nitrogens with one attached hydrogen (secondary N) is 1. The molecular weight excluding hydrogens is 244 g/mol. The van der Waals surface area contributed by atoms with E-state index in [4.69, 9.17) is 0 Å². The average Bonchev–Trinajstić information content (AvgIpc) is 2.67. The first-order chi connectivity index (χ1) is 8.95. The Hall–Kier alpha value is -1.43. The molecule has 19 heavy (non-hydrogen) atoms. The molecule has 0 aliphatic carbocycles. The van der Waals surface area contributed by atoms with Gasteiger partial charge in [0.15, 0.2) is 0 Å². The Morgan fingerprint density at radius 1 is 1.53 bits per heavy atom. The molecule has 0 spiro atoms. The maximum Gasteiger partial charge on any atom is 0.384 e. The summed E-state index contributed by atoms with van der Waals surface area (Å²) in [6.07, 6.45) is 4.22. The third-order valence-corrected chi connectivity index (χ3v) is 3.09. The molecule has 1 atom stereocenters. The van der Waals surface area contributed by atoms with Gasteiger partial charge in [-0.15, -0.1) is 0 Å². The SMILES string of the molecule is CCCNC(Cc1c([N+](=O)[O-])ncn1C)CC(C)C. The van der Waals surface area contributed by atoms with Crippen LogP contribution in [0.1, 0.15) is 39.3 Å². The Labute approximate surface area is 114 Å². The van der Waals surface area contributed by atoms with E-state index in [1.54, 1.807) is 4.57 Å². The van der Waals surface area contributed by atoms with Crippen LogP contribution in [0.15, 0.2) is 6.33 Å². The lowest BCUT2D eigenvalue weighted by Crippen LogP contribution is -2.33. The number of rotatable bonds is 8. The van der Waals surface area contributed by atoms with Crippen LogP contribution >= 0.6 is 0 Å². The van der Waals surface area contributed by atoms with Gasteiger partial charge in [0.2, 0.25) is 6.33 Å². The second-order valence-corrected chi connectivity index (χ2v) is 5.37. The van der Waals surface area contributed by atoms with Crippen molar-refractivity contribution in [1.82, 2.24) is 14.9 Å². The highest BCUT2D eigenvalue weighted by Gasteiger charge is 2.23. The van der Waals surface area contributed by atoms with E-state index >= 15 is 0 Å². The number of aryl methyl sites for hydroxylation is 1. The fraction of sp³-hybridized carbons (Fsp3) is 0.769. The molecule has 6 nitrogen and oxygen atoms in total. The molecule has 0 saturated carbocycles. The molecule has 1 heterocycles. The predicted octanol–water partition coefficient (Wildman–Crippen LogP) is 2.29. The van der Waals surface area contributed by atoms with Gasteiger partial charge >= 0.3 is 5.82 Å². The molecule has 0 radical (unpaired) electrons. The van der Waals surface area contributed by atoms with Gasteiger partial charge < -0.3 is 20.0 Å². The summed E-state index contributed by atoms with van der Waals surface area (Å²) in [5, 5.41) is 14.4. The van der Waals surface area contributed by atoms with E-state index in [1.807, 2.05) is 7.05 Å². The highest BCUT2D eigenvalue weighted by Crippen LogP contribution is 2.19. The molecule has 1 aromatic heterocycles. The van der Waals surface area contributed by atoms with Crippen molar-refractivity contribution in [2.45, 2.75) is 46.1 Å². The van der Waals surface area contributed by atoms with Crippen molar-refractivity contribution >= 4 is 5.82 Å². The first kappa shape index (κ1) is 15.6. The third kappa shape index (κ3) is 4.63. The standard InChI is InChI=1S/C13H24N4O2/c1-5-6-14-11(7-10(2)3)8-12-13(17(18)19)15-9-16(12)4/h9-11,14H,5-8H2,1-4H3. The van der Waals surface area contributed by atoms with Gasteiger partial charge in [-0.05, 0) is 35.2 Å². The maximum atomic E-state index is 11.0. The lowest BCUT2D eigenvalue weighted by molar-refractivity contribution is -0.390. The summed E-state index contributed by atoms with van der Waals surface area (Å²) >= 11 is 0. The molecule has 0 saturated heterocycles. The average molecular weight is 268 g/mol. The fourth-order valence-corrected chi connectivity index (χ4v) is 2.22. The van der Waals surface area contributed by atoms with Crippen molar-refractivity contribution in [2.24, 2.45) is 13.0 Å². The van der Waals surface area contributed by atoms with Gasteiger partial charge in [-0.3, -0.25) is 0 Å². The van der Waals surface area contributed by atoms with Crippen molar-refractivity contribution in [3.05, 3.63) is 22.1 Å². The highest BCUT2D eigenvalue weighted by atomic mass is 16.6. The van der Waals surface area contributed by atoms with Gasteiger partial charge in [-0.2, -0.15) is 0 Å². The van der Waals surface area contributed by atoms with Gasteiger partial charge in [-0.25, -0.2) is 0 Å². The number of hydrogen-bond donors (Lipinski definition) is 1. The topological polar surface area (TPSA) is 73.0 Å². The van der Waals surface area contributed by atoms with Crippen molar-refractivity contribution in [2.75, 3.05) is 6.54 Å². The molecule has 1 aromatic rings. The summed E-state index contributed by atoms with van der Waals surface area (Å²) in [7, 11) is 1.81. The molecule has 1 rings (SSSR count). The van der Waals surface area contributed by atoms with E-state index in [1.165, 1.54) is 6.33 Å². The molecule has 0 fully saturated rings. The summed E-state index contributed by atoms with van der Waals surface area (Å²) in [5.41, 5.74) is 0.694. The van der Waals surface area contributed by atoms with Gasteiger partial charge in [0.05, 0.1) is 0 Å². The van der Waals surface area contributed by atoms with Crippen molar-refractivity contribution < 1.29 is 4.92 Å². The normalized spacial score (nSPS) is 12.9. The van der Waals surface area contributed by atoms with Crippen molar-refractivity contribution in [3.63, 3.8) is 0 Å². The van der Waals surface area contributed by atoms with Crippen LogP contribution in [0.3, 0.4) is 0 Å². The molecule has 0 aliphatic rings. The highest BCUT2D eigenvalue weighted by molar-refractivity contribution is 5.27. The number of imidazole rings is 1. The molecule has 0 aliphatic heterocycles. The van der Waals surface area contributed by atoms with Crippen LogP contribution in [-0.4, -0.2) is 27.1 Å². The van der Waals surface area contributed by atoms with Crippen LogP contribution in [0, 0.1) is 16.0 Å². The van der Waals surface area contributed by atoms with E-state index in [-0.39, 0.29) is 11.9 Å². The van der Waals surface area contributed by atoms with Gasteiger partial charge in [0.1, 0.15) is 5.69 Å². The number of nitrogens with zero attached hydrogens (tertiary/aromatic N) is 3. The van der Waals surface area contributed by atoms with Crippen molar-refractivity contribution in [1.29, 1.82) is 0 Å². The minimum atomic E-state index is -0.401. The van der Waals surface area contributed by atoms with Crippen LogP contribution in [0.2, 0.25) is 0 Å².